The summed E-state index contributed by atoms with van der Waals surface area (Å²) >= 11 is 0. The van der Waals surface area contributed by atoms with E-state index in [2.05, 4.69) is 30.3 Å². The number of hydrogen-bond donors (Lipinski definition) is 1. The molecule has 0 unspecified atom stereocenters. The maximum absolute atomic E-state index is 12.3. The molecule has 0 fully saturated rings. The summed E-state index contributed by atoms with van der Waals surface area (Å²) in [6, 6.07) is 25.2. The second kappa shape index (κ2) is 6.29. The highest BCUT2D eigenvalue weighted by Gasteiger charge is 2.11. The van der Waals surface area contributed by atoms with Crippen LogP contribution in [0.1, 0.15) is 15.9 Å². The molecule has 0 amide bonds. The first-order chi connectivity index (χ1) is 12.2. The zero-order chi connectivity index (χ0) is 17.2. The fourth-order valence-corrected chi connectivity index (χ4v) is 3.10. The molecule has 0 saturated heterocycles. The summed E-state index contributed by atoms with van der Waals surface area (Å²) < 4.78 is 5.59. The monoisotopic (exact) mass is 327 g/mol. The minimum Gasteiger partial charge on any atom is -0.457 e. The predicted molar refractivity (Wildman–Crippen MR) is 101 cm³/mol. The predicted octanol–water partition coefficient (Wildman–Crippen LogP) is 4.93. The number of benzene rings is 4. The van der Waals surface area contributed by atoms with Gasteiger partial charge < -0.3 is 10.5 Å². The number of anilines is 1. The summed E-state index contributed by atoms with van der Waals surface area (Å²) in [4.78, 5) is 12.3. The number of hydrogen-bond acceptors (Lipinski definition) is 3. The van der Waals surface area contributed by atoms with Gasteiger partial charge in [0.15, 0.2) is 0 Å². The third-order valence-corrected chi connectivity index (χ3v) is 4.38. The molecule has 0 aromatic heterocycles. The first-order valence-corrected chi connectivity index (χ1v) is 8.14. The van der Waals surface area contributed by atoms with Crippen molar-refractivity contribution in [3.05, 3.63) is 90.0 Å². The fourth-order valence-electron chi connectivity index (χ4n) is 3.10. The summed E-state index contributed by atoms with van der Waals surface area (Å²) in [5, 5.41) is 4.48. The lowest BCUT2D eigenvalue weighted by atomic mass is 9.97. The lowest BCUT2D eigenvalue weighted by Crippen LogP contribution is -2.06. The lowest BCUT2D eigenvalue weighted by Gasteiger charge is -2.12. The third-order valence-electron chi connectivity index (χ3n) is 4.38. The Kier molecular flexibility index (Phi) is 3.82. The van der Waals surface area contributed by atoms with Gasteiger partial charge in [-0.1, -0.05) is 48.5 Å². The molecule has 0 aliphatic heterocycles. The number of nitrogen functional groups attached to an aromatic ring is 1. The van der Waals surface area contributed by atoms with E-state index in [0.717, 1.165) is 27.1 Å². The Morgan fingerprint density at radius 1 is 0.800 bits per heavy atom. The van der Waals surface area contributed by atoms with Gasteiger partial charge in [0.05, 0.1) is 5.56 Å². The van der Waals surface area contributed by atoms with Crippen LogP contribution in [-0.4, -0.2) is 5.97 Å². The number of esters is 1. The van der Waals surface area contributed by atoms with Crippen LogP contribution >= 0.6 is 0 Å². The molecular formula is C22H17NO2. The van der Waals surface area contributed by atoms with E-state index in [1.165, 1.54) is 0 Å². The van der Waals surface area contributed by atoms with E-state index < -0.39 is 0 Å². The van der Waals surface area contributed by atoms with Crippen molar-refractivity contribution >= 4 is 33.2 Å². The largest absolute Gasteiger partial charge is 0.457 e. The normalized spacial score (nSPS) is 10.9. The van der Waals surface area contributed by atoms with Gasteiger partial charge in [-0.3, -0.25) is 0 Å². The zero-order valence-corrected chi connectivity index (χ0v) is 13.6. The minimum absolute atomic E-state index is 0.227. The molecule has 4 aromatic rings. The van der Waals surface area contributed by atoms with Gasteiger partial charge in [0, 0.05) is 11.3 Å². The van der Waals surface area contributed by atoms with Crippen molar-refractivity contribution in [3.63, 3.8) is 0 Å². The van der Waals surface area contributed by atoms with Crippen LogP contribution < -0.4 is 5.73 Å². The molecule has 3 nitrogen and oxygen atoms in total. The van der Waals surface area contributed by atoms with Crippen LogP contribution in [0.15, 0.2) is 78.9 Å². The van der Waals surface area contributed by atoms with Crippen LogP contribution in [0.25, 0.3) is 21.5 Å². The highest BCUT2D eigenvalue weighted by Crippen LogP contribution is 2.29. The molecule has 0 bridgehead atoms. The minimum atomic E-state index is -0.350. The van der Waals surface area contributed by atoms with E-state index in [-0.39, 0.29) is 12.6 Å². The Morgan fingerprint density at radius 2 is 1.36 bits per heavy atom. The maximum Gasteiger partial charge on any atom is 0.338 e. The van der Waals surface area contributed by atoms with Crippen LogP contribution in [0.2, 0.25) is 0 Å². The van der Waals surface area contributed by atoms with Gasteiger partial charge in [-0.25, -0.2) is 4.79 Å². The SMILES string of the molecule is Nc1ccc(C(=O)OCc2c3ccccc3cc3ccccc23)cc1. The molecule has 0 aliphatic carbocycles. The van der Waals surface area contributed by atoms with Crippen molar-refractivity contribution in [3.8, 4) is 0 Å². The molecule has 4 aromatic carbocycles. The van der Waals surface area contributed by atoms with Crippen molar-refractivity contribution in [1.82, 2.24) is 0 Å². The van der Waals surface area contributed by atoms with E-state index >= 15 is 0 Å². The van der Waals surface area contributed by atoms with E-state index in [9.17, 15) is 4.79 Å². The van der Waals surface area contributed by atoms with E-state index in [4.69, 9.17) is 10.5 Å². The summed E-state index contributed by atoms with van der Waals surface area (Å²) in [7, 11) is 0. The Morgan fingerprint density at radius 3 is 1.96 bits per heavy atom. The first-order valence-electron chi connectivity index (χ1n) is 8.14. The Labute approximate surface area is 145 Å². The number of nitrogens with two attached hydrogens (primary N) is 1. The lowest BCUT2D eigenvalue weighted by molar-refractivity contribution is 0.0476. The maximum atomic E-state index is 12.3. The number of carbonyl (C=O) groups excluding carboxylic acids is 1. The van der Waals surface area contributed by atoms with Gasteiger partial charge in [0.2, 0.25) is 0 Å². The molecular weight excluding hydrogens is 310 g/mol. The van der Waals surface area contributed by atoms with E-state index in [1.54, 1.807) is 24.3 Å². The van der Waals surface area contributed by atoms with Crippen LogP contribution in [0, 0.1) is 0 Å². The smallest absolute Gasteiger partial charge is 0.338 e. The summed E-state index contributed by atoms with van der Waals surface area (Å²) in [5.41, 5.74) is 7.81. The Hall–Kier alpha value is -3.33. The Balaban J connectivity index is 1.72. The topological polar surface area (TPSA) is 52.3 Å². The van der Waals surface area contributed by atoms with Gasteiger partial charge in [0.25, 0.3) is 0 Å². The highest BCUT2D eigenvalue weighted by atomic mass is 16.5. The van der Waals surface area contributed by atoms with Crippen molar-refractivity contribution in [1.29, 1.82) is 0 Å². The summed E-state index contributed by atoms with van der Waals surface area (Å²) in [6.45, 7) is 0.227. The molecule has 0 atom stereocenters. The molecule has 4 rings (SSSR count). The number of ether oxygens (including phenoxy) is 1. The Bertz CT molecular complexity index is 1010. The molecule has 0 saturated carbocycles. The number of rotatable bonds is 3. The molecule has 0 aliphatic rings. The van der Waals surface area contributed by atoms with Gasteiger partial charge in [0.1, 0.15) is 6.61 Å². The fraction of sp³-hybridized carbons (Fsp3) is 0.0455. The third kappa shape index (κ3) is 2.92. The van der Waals surface area contributed by atoms with Gasteiger partial charge in [-0.15, -0.1) is 0 Å². The van der Waals surface area contributed by atoms with Gasteiger partial charge in [-0.2, -0.15) is 0 Å². The average molecular weight is 327 g/mol. The van der Waals surface area contributed by atoms with E-state index in [1.807, 2.05) is 24.3 Å². The zero-order valence-electron chi connectivity index (χ0n) is 13.6. The van der Waals surface area contributed by atoms with E-state index in [0.29, 0.717) is 11.3 Å². The average Bonchev–Trinajstić information content (AvgIpc) is 2.65. The van der Waals surface area contributed by atoms with Crippen LogP contribution in [-0.2, 0) is 11.3 Å². The molecule has 122 valence electrons. The quantitative estimate of drug-likeness (QED) is 0.330. The number of carbonyl (C=O) groups is 1. The summed E-state index contributed by atoms with van der Waals surface area (Å²) in [5.74, 6) is -0.350. The second-order valence-corrected chi connectivity index (χ2v) is 6.00. The van der Waals surface area contributed by atoms with Gasteiger partial charge in [-0.05, 0) is 51.9 Å². The highest BCUT2D eigenvalue weighted by molar-refractivity contribution is 6.02. The van der Waals surface area contributed by atoms with Crippen LogP contribution in [0.3, 0.4) is 0 Å². The molecule has 25 heavy (non-hydrogen) atoms. The van der Waals surface area contributed by atoms with Crippen LogP contribution in [0.4, 0.5) is 5.69 Å². The standard InChI is InChI=1S/C22H17NO2/c23-18-11-9-15(10-12-18)22(24)25-14-21-19-7-3-1-5-16(19)13-17-6-2-4-8-20(17)21/h1-13H,14,23H2. The van der Waals surface area contributed by atoms with Gasteiger partial charge >= 0.3 is 5.97 Å². The van der Waals surface area contributed by atoms with Crippen molar-refractivity contribution in [2.45, 2.75) is 6.61 Å². The van der Waals surface area contributed by atoms with Crippen molar-refractivity contribution < 1.29 is 9.53 Å². The molecule has 3 heteroatoms. The molecule has 2 N–H and O–H groups in total. The number of fused-ring (bicyclic) bond motifs is 2. The van der Waals surface area contributed by atoms with Crippen LogP contribution in [0.5, 0.6) is 0 Å². The second-order valence-electron chi connectivity index (χ2n) is 6.00. The molecule has 0 spiro atoms. The van der Waals surface area contributed by atoms with Crippen molar-refractivity contribution in [2.75, 3.05) is 5.73 Å². The first kappa shape index (κ1) is 15.2. The summed E-state index contributed by atoms with van der Waals surface area (Å²) in [6.07, 6.45) is 0. The van der Waals surface area contributed by atoms with Crippen molar-refractivity contribution in [2.24, 2.45) is 0 Å². The molecule has 0 heterocycles. The molecule has 0 radical (unpaired) electrons.